The minimum Gasteiger partial charge on any atom is -0.367 e. The first kappa shape index (κ1) is 8.84. The molecule has 66 valence electrons. The lowest BCUT2D eigenvalue weighted by Crippen LogP contribution is -2.27. The lowest BCUT2D eigenvalue weighted by atomic mass is 10.1. The summed E-state index contributed by atoms with van der Waals surface area (Å²) in [5.41, 5.74) is 0.797. The maximum atomic E-state index is 11.3. The monoisotopic (exact) mass is 166 g/mol. The molecular formula is C9H14N2O. The van der Waals surface area contributed by atoms with Crippen molar-refractivity contribution in [2.45, 2.75) is 19.8 Å². The second-order valence-electron chi connectivity index (χ2n) is 2.70. The van der Waals surface area contributed by atoms with Crippen LogP contribution in [0.3, 0.4) is 0 Å². The van der Waals surface area contributed by atoms with Crippen LogP contribution in [-0.4, -0.2) is 12.5 Å². The average Bonchev–Trinajstić information content (AvgIpc) is 2.15. The summed E-state index contributed by atoms with van der Waals surface area (Å²) in [6.45, 7) is 2.79. The Morgan fingerprint density at radius 1 is 1.75 bits per heavy atom. The fraction of sp³-hybridized carbons (Fsp3) is 0.444. The topological polar surface area (TPSA) is 41.1 Å². The van der Waals surface area contributed by atoms with Gasteiger partial charge in [0.1, 0.15) is 0 Å². The smallest absolute Gasteiger partial charge is 0.248 e. The molecule has 1 rings (SSSR count). The average molecular weight is 166 g/mol. The minimum absolute atomic E-state index is 0.0358. The third-order valence-corrected chi connectivity index (χ3v) is 1.64. The standard InChI is InChI=1S/C9H14N2O/c1-2-5-11-9(12)8-4-3-6-10-7-8/h3,6-7,10H,2,4-5H2,1H3,(H,11,12). The fourth-order valence-corrected chi connectivity index (χ4v) is 0.972. The van der Waals surface area contributed by atoms with Crippen molar-refractivity contribution in [3.05, 3.63) is 24.0 Å². The fourth-order valence-electron chi connectivity index (χ4n) is 0.972. The first-order valence-electron chi connectivity index (χ1n) is 4.23. The first-order chi connectivity index (χ1) is 5.84. The Morgan fingerprint density at radius 3 is 3.17 bits per heavy atom. The number of amides is 1. The van der Waals surface area contributed by atoms with Crippen molar-refractivity contribution in [2.24, 2.45) is 0 Å². The van der Waals surface area contributed by atoms with Gasteiger partial charge in [0.25, 0.3) is 0 Å². The van der Waals surface area contributed by atoms with E-state index in [4.69, 9.17) is 0 Å². The van der Waals surface area contributed by atoms with Gasteiger partial charge in [0.15, 0.2) is 0 Å². The Labute approximate surface area is 72.5 Å². The Morgan fingerprint density at radius 2 is 2.58 bits per heavy atom. The molecular weight excluding hydrogens is 152 g/mol. The van der Waals surface area contributed by atoms with Gasteiger partial charge in [-0.1, -0.05) is 13.0 Å². The van der Waals surface area contributed by atoms with Gasteiger partial charge in [0.05, 0.1) is 0 Å². The first-order valence-corrected chi connectivity index (χ1v) is 4.23. The van der Waals surface area contributed by atoms with Crippen molar-refractivity contribution >= 4 is 5.91 Å². The Hall–Kier alpha value is -1.25. The van der Waals surface area contributed by atoms with Crippen LogP contribution >= 0.6 is 0 Å². The Kier molecular flexibility index (Phi) is 3.38. The molecule has 0 radical (unpaired) electrons. The molecule has 0 atom stereocenters. The normalized spacial score (nSPS) is 14.9. The van der Waals surface area contributed by atoms with E-state index in [9.17, 15) is 4.79 Å². The van der Waals surface area contributed by atoms with Crippen LogP contribution in [0.25, 0.3) is 0 Å². The highest BCUT2D eigenvalue weighted by atomic mass is 16.1. The number of carbonyl (C=O) groups is 1. The molecule has 1 aliphatic heterocycles. The number of nitrogens with one attached hydrogen (secondary N) is 2. The van der Waals surface area contributed by atoms with Gasteiger partial charge in [-0.3, -0.25) is 4.79 Å². The molecule has 0 aliphatic carbocycles. The van der Waals surface area contributed by atoms with Crippen molar-refractivity contribution in [3.63, 3.8) is 0 Å². The largest absolute Gasteiger partial charge is 0.367 e. The maximum absolute atomic E-state index is 11.3. The van der Waals surface area contributed by atoms with E-state index in [2.05, 4.69) is 10.6 Å². The number of rotatable bonds is 3. The summed E-state index contributed by atoms with van der Waals surface area (Å²) in [6.07, 6.45) is 7.20. The van der Waals surface area contributed by atoms with Crippen molar-refractivity contribution in [3.8, 4) is 0 Å². The lowest BCUT2D eigenvalue weighted by molar-refractivity contribution is -0.117. The second-order valence-corrected chi connectivity index (χ2v) is 2.70. The van der Waals surface area contributed by atoms with Crippen LogP contribution in [0.4, 0.5) is 0 Å². The number of carbonyl (C=O) groups excluding carboxylic acids is 1. The SMILES string of the molecule is CCCNC(=O)C1=CNC=CC1. The Balaban J connectivity index is 2.36. The van der Waals surface area contributed by atoms with E-state index in [0.717, 1.165) is 25.0 Å². The molecule has 0 aromatic rings. The van der Waals surface area contributed by atoms with Crippen LogP contribution in [0.1, 0.15) is 19.8 Å². The summed E-state index contributed by atoms with van der Waals surface area (Å²) in [6, 6.07) is 0. The van der Waals surface area contributed by atoms with Crippen molar-refractivity contribution < 1.29 is 4.79 Å². The predicted molar refractivity (Wildman–Crippen MR) is 48.3 cm³/mol. The molecule has 0 aromatic carbocycles. The highest BCUT2D eigenvalue weighted by Crippen LogP contribution is 2.04. The number of dihydropyridines is 1. The molecule has 0 bridgehead atoms. The van der Waals surface area contributed by atoms with Gasteiger partial charge in [-0.05, 0) is 19.0 Å². The maximum Gasteiger partial charge on any atom is 0.248 e. The number of hydrogen-bond donors (Lipinski definition) is 2. The highest BCUT2D eigenvalue weighted by Gasteiger charge is 2.07. The minimum atomic E-state index is 0.0358. The Bertz CT molecular complexity index is 219. The second kappa shape index (κ2) is 4.59. The van der Waals surface area contributed by atoms with Gasteiger partial charge in [0, 0.05) is 18.3 Å². The van der Waals surface area contributed by atoms with Gasteiger partial charge < -0.3 is 10.6 Å². The zero-order valence-electron chi connectivity index (χ0n) is 7.26. The third kappa shape index (κ3) is 2.42. The van der Waals surface area contributed by atoms with E-state index in [1.165, 1.54) is 0 Å². The number of allylic oxidation sites excluding steroid dienone is 1. The molecule has 1 heterocycles. The molecule has 1 amide bonds. The van der Waals surface area contributed by atoms with E-state index in [0.29, 0.717) is 0 Å². The predicted octanol–water partition coefficient (Wildman–Crippen LogP) is 0.903. The molecule has 0 spiro atoms. The van der Waals surface area contributed by atoms with Crippen molar-refractivity contribution in [1.82, 2.24) is 10.6 Å². The molecule has 0 unspecified atom stereocenters. The summed E-state index contributed by atoms with van der Waals surface area (Å²) in [7, 11) is 0. The van der Waals surface area contributed by atoms with E-state index >= 15 is 0 Å². The van der Waals surface area contributed by atoms with Crippen LogP contribution in [0, 0.1) is 0 Å². The molecule has 0 aromatic heterocycles. The summed E-state index contributed by atoms with van der Waals surface area (Å²) in [5, 5.41) is 5.71. The van der Waals surface area contributed by atoms with E-state index in [1.54, 1.807) is 6.20 Å². The summed E-state index contributed by atoms with van der Waals surface area (Å²) < 4.78 is 0. The molecule has 0 fully saturated rings. The van der Waals surface area contributed by atoms with Gasteiger partial charge in [-0.2, -0.15) is 0 Å². The molecule has 1 aliphatic rings. The van der Waals surface area contributed by atoms with Gasteiger partial charge >= 0.3 is 0 Å². The summed E-state index contributed by atoms with van der Waals surface area (Å²) >= 11 is 0. The lowest BCUT2D eigenvalue weighted by Gasteiger charge is -2.08. The quantitative estimate of drug-likeness (QED) is 0.654. The van der Waals surface area contributed by atoms with Crippen LogP contribution in [0.2, 0.25) is 0 Å². The number of hydrogen-bond acceptors (Lipinski definition) is 2. The van der Waals surface area contributed by atoms with Crippen molar-refractivity contribution in [1.29, 1.82) is 0 Å². The molecule has 2 N–H and O–H groups in total. The zero-order valence-corrected chi connectivity index (χ0v) is 7.26. The van der Waals surface area contributed by atoms with Crippen LogP contribution in [0.5, 0.6) is 0 Å². The summed E-state index contributed by atoms with van der Waals surface area (Å²) in [5.74, 6) is 0.0358. The molecule has 0 saturated heterocycles. The van der Waals surface area contributed by atoms with Gasteiger partial charge in [-0.25, -0.2) is 0 Å². The van der Waals surface area contributed by atoms with E-state index in [1.807, 2.05) is 19.2 Å². The van der Waals surface area contributed by atoms with Gasteiger partial charge in [-0.15, -0.1) is 0 Å². The molecule has 0 saturated carbocycles. The summed E-state index contributed by atoms with van der Waals surface area (Å²) in [4.78, 5) is 11.3. The molecule has 3 heteroatoms. The molecule has 12 heavy (non-hydrogen) atoms. The van der Waals surface area contributed by atoms with Crippen LogP contribution in [0.15, 0.2) is 24.0 Å². The van der Waals surface area contributed by atoms with Crippen LogP contribution < -0.4 is 10.6 Å². The zero-order chi connectivity index (χ0) is 8.81. The highest BCUT2D eigenvalue weighted by molar-refractivity contribution is 5.93. The molecule has 3 nitrogen and oxygen atoms in total. The van der Waals surface area contributed by atoms with Gasteiger partial charge in [0.2, 0.25) is 5.91 Å². The van der Waals surface area contributed by atoms with E-state index in [-0.39, 0.29) is 5.91 Å². The third-order valence-electron chi connectivity index (χ3n) is 1.64. The van der Waals surface area contributed by atoms with E-state index < -0.39 is 0 Å². The van der Waals surface area contributed by atoms with Crippen LogP contribution in [-0.2, 0) is 4.79 Å². The van der Waals surface area contributed by atoms with Crippen molar-refractivity contribution in [2.75, 3.05) is 6.54 Å².